The van der Waals surface area contributed by atoms with Crippen LogP contribution in [0.3, 0.4) is 0 Å². The fourth-order valence-corrected chi connectivity index (χ4v) is 5.26. The van der Waals surface area contributed by atoms with Gasteiger partial charge in [-0.05, 0) is 43.5 Å². The lowest BCUT2D eigenvalue weighted by atomic mass is 10.2. The average molecular weight is 379 g/mol. The van der Waals surface area contributed by atoms with Crippen LogP contribution in [0.4, 0.5) is 11.4 Å². The molecule has 8 heteroatoms. The maximum atomic E-state index is 12.2. The van der Waals surface area contributed by atoms with Crippen LogP contribution in [0.15, 0.2) is 24.3 Å². The van der Waals surface area contributed by atoms with E-state index < -0.39 is 15.7 Å². The fraction of sp³-hybridized carbons (Fsp3) is 0.556. The van der Waals surface area contributed by atoms with Crippen molar-refractivity contribution in [2.45, 2.75) is 31.7 Å². The number of amides is 2. The molecule has 2 aliphatic heterocycles. The number of rotatable bonds is 5. The lowest BCUT2D eigenvalue weighted by molar-refractivity contribution is -0.134. The van der Waals surface area contributed by atoms with Gasteiger partial charge in [-0.2, -0.15) is 0 Å². The van der Waals surface area contributed by atoms with E-state index in [1.165, 1.54) is 17.7 Å². The minimum atomic E-state index is -3.06. The molecule has 1 N–H and O–H groups in total. The highest BCUT2D eigenvalue weighted by atomic mass is 32.2. The predicted octanol–water partition coefficient (Wildman–Crippen LogP) is 1.26. The number of nitrogens with zero attached hydrogens (tertiary/aromatic N) is 2. The molecule has 0 spiro atoms. The molecule has 3 rings (SSSR count). The molecule has 26 heavy (non-hydrogen) atoms. The molecule has 0 aromatic heterocycles. The van der Waals surface area contributed by atoms with Gasteiger partial charge in [0.25, 0.3) is 0 Å². The van der Waals surface area contributed by atoms with E-state index in [0.717, 1.165) is 18.8 Å². The topological polar surface area (TPSA) is 86.8 Å². The number of hydrogen-bond acceptors (Lipinski definition) is 5. The smallest absolute Gasteiger partial charge is 0.233 e. The summed E-state index contributed by atoms with van der Waals surface area (Å²) in [6.07, 6.45) is 2.55. The Morgan fingerprint density at radius 1 is 1.19 bits per heavy atom. The summed E-state index contributed by atoms with van der Waals surface area (Å²) >= 11 is 0. The summed E-state index contributed by atoms with van der Waals surface area (Å²) in [5.41, 5.74) is 1.79. The van der Waals surface area contributed by atoms with Crippen LogP contribution in [0, 0.1) is 0 Å². The maximum Gasteiger partial charge on any atom is 0.233 e. The zero-order valence-corrected chi connectivity index (χ0v) is 15.8. The monoisotopic (exact) mass is 379 g/mol. The first-order chi connectivity index (χ1) is 12.3. The van der Waals surface area contributed by atoms with Crippen molar-refractivity contribution < 1.29 is 18.0 Å². The van der Waals surface area contributed by atoms with Crippen molar-refractivity contribution in [3.63, 3.8) is 0 Å². The van der Waals surface area contributed by atoms with Gasteiger partial charge in [0.1, 0.15) is 6.42 Å². The van der Waals surface area contributed by atoms with Crippen LogP contribution in [0.25, 0.3) is 0 Å². The van der Waals surface area contributed by atoms with E-state index in [-0.39, 0.29) is 29.9 Å². The predicted molar refractivity (Wildman–Crippen MR) is 101 cm³/mol. The average Bonchev–Trinajstić information content (AvgIpc) is 3.24. The summed E-state index contributed by atoms with van der Waals surface area (Å²) in [7, 11) is -1.50. The second-order valence-corrected chi connectivity index (χ2v) is 9.26. The first-order valence-electron chi connectivity index (χ1n) is 8.95. The number of nitrogens with one attached hydrogen (secondary N) is 1. The Balaban J connectivity index is 1.51. The van der Waals surface area contributed by atoms with Crippen LogP contribution in [0.2, 0.25) is 0 Å². The molecule has 0 bridgehead atoms. The van der Waals surface area contributed by atoms with Crippen molar-refractivity contribution in [1.82, 2.24) is 4.90 Å². The third kappa shape index (κ3) is 4.55. The Morgan fingerprint density at radius 2 is 1.85 bits per heavy atom. The highest BCUT2D eigenvalue weighted by Gasteiger charge is 2.33. The molecule has 0 aliphatic carbocycles. The molecule has 0 saturated carbocycles. The van der Waals surface area contributed by atoms with Crippen molar-refractivity contribution in [2.24, 2.45) is 0 Å². The number of anilines is 2. The Kier molecular flexibility index (Phi) is 5.50. The highest BCUT2D eigenvalue weighted by Crippen LogP contribution is 2.22. The van der Waals surface area contributed by atoms with Gasteiger partial charge in [0.05, 0.1) is 11.5 Å². The Labute approximate surface area is 154 Å². The van der Waals surface area contributed by atoms with Crippen LogP contribution >= 0.6 is 0 Å². The second-order valence-electron chi connectivity index (χ2n) is 7.03. The van der Waals surface area contributed by atoms with Crippen molar-refractivity contribution in [3.05, 3.63) is 24.3 Å². The molecule has 2 amide bonds. The van der Waals surface area contributed by atoms with Crippen LogP contribution in [-0.2, 0) is 19.4 Å². The third-order valence-electron chi connectivity index (χ3n) is 5.08. The minimum Gasteiger partial charge on any atom is -0.372 e. The minimum absolute atomic E-state index is 0.0190. The van der Waals surface area contributed by atoms with Gasteiger partial charge in [-0.25, -0.2) is 8.42 Å². The van der Waals surface area contributed by atoms with E-state index in [0.29, 0.717) is 12.1 Å². The number of sulfone groups is 1. The number of carbonyl (C=O) groups is 2. The van der Waals surface area contributed by atoms with Gasteiger partial charge < -0.3 is 15.1 Å². The molecule has 1 atom stereocenters. The van der Waals surface area contributed by atoms with E-state index in [9.17, 15) is 18.0 Å². The van der Waals surface area contributed by atoms with Crippen LogP contribution < -0.4 is 10.2 Å². The maximum absolute atomic E-state index is 12.2. The van der Waals surface area contributed by atoms with Crippen LogP contribution in [0.1, 0.15) is 25.7 Å². The molecular formula is C18H25N3O4S. The fourth-order valence-electron chi connectivity index (χ4n) is 3.48. The lowest BCUT2D eigenvalue weighted by Gasteiger charge is -2.23. The molecule has 1 aromatic carbocycles. The van der Waals surface area contributed by atoms with Gasteiger partial charge >= 0.3 is 0 Å². The van der Waals surface area contributed by atoms with Gasteiger partial charge in [0, 0.05) is 37.6 Å². The first-order valence-corrected chi connectivity index (χ1v) is 10.8. The van der Waals surface area contributed by atoms with Gasteiger partial charge in [-0.3, -0.25) is 9.59 Å². The highest BCUT2D eigenvalue weighted by molar-refractivity contribution is 7.91. The molecule has 2 saturated heterocycles. The van der Waals surface area contributed by atoms with Crippen molar-refractivity contribution in [2.75, 3.05) is 41.9 Å². The lowest BCUT2D eigenvalue weighted by Crippen LogP contribution is -2.39. The zero-order chi connectivity index (χ0) is 18.7. The summed E-state index contributed by atoms with van der Waals surface area (Å²) in [4.78, 5) is 28.1. The summed E-state index contributed by atoms with van der Waals surface area (Å²) in [6.45, 7) is 2.12. The first kappa shape index (κ1) is 18.7. The Morgan fingerprint density at radius 3 is 2.42 bits per heavy atom. The third-order valence-corrected chi connectivity index (χ3v) is 6.83. The molecule has 7 nitrogen and oxygen atoms in total. The Bertz CT molecular complexity index is 770. The molecule has 2 fully saturated rings. The molecule has 142 valence electrons. The molecular weight excluding hydrogens is 354 g/mol. The summed E-state index contributed by atoms with van der Waals surface area (Å²) in [5.74, 6) is -0.672. The van der Waals surface area contributed by atoms with E-state index in [1.807, 2.05) is 24.3 Å². The van der Waals surface area contributed by atoms with E-state index in [1.54, 1.807) is 7.05 Å². The van der Waals surface area contributed by atoms with Gasteiger partial charge in [-0.15, -0.1) is 0 Å². The van der Waals surface area contributed by atoms with Crippen LogP contribution in [0.5, 0.6) is 0 Å². The van der Waals surface area contributed by atoms with E-state index >= 15 is 0 Å². The van der Waals surface area contributed by atoms with Gasteiger partial charge in [0.2, 0.25) is 11.8 Å². The summed E-state index contributed by atoms with van der Waals surface area (Å²) in [6, 6.07) is 7.28. The summed E-state index contributed by atoms with van der Waals surface area (Å²) in [5, 5.41) is 2.73. The molecule has 1 aromatic rings. The number of benzene rings is 1. The van der Waals surface area contributed by atoms with Gasteiger partial charge in [-0.1, -0.05) is 0 Å². The van der Waals surface area contributed by atoms with E-state index in [2.05, 4.69) is 10.2 Å². The second kappa shape index (κ2) is 7.65. The van der Waals surface area contributed by atoms with Gasteiger partial charge in [0.15, 0.2) is 9.84 Å². The quantitative estimate of drug-likeness (QED) is 0.779. The van der Waals surface area contributed by atoms with Crippen molar-refractivity contribution >= 4 is 33.0 Å². The number of hydrogen-bond donors (Lipinski definition) is 1. The van der Waals surface area contributed by atoms with Crippen LogP contribution in [-0.4, -0.2) is 62.8 Å². The normalized spacial score (nSPS) is 21.6. The van der Waals surface area contributed by atoms with Crippen molar-refractivity contribution in [1.29, 1.82) is 0 Å². The standard InChI is InChI=1S/C18H25N3O4S/c1-20(16-8-11-26(24,25)13-16)18(23)12-17(22)19-14-4-6-15(7-5-14)21-9-2-3-10-21/h4-7,16H,2-3,8-13H2,1H3,(H,19,22). The molecule has 1 unspecified atom stereocenters. The van der Waals surface area contributed by atoms with E-state index in [4.69, 9.17) is 0 Å². The number of carbonyl (C=O) groups excluding carboxylic acids is 2. The SMILES string of the molecule is CN(C(=O)CC(=O)Nc1ccc(N2CCCC2)cc1)C1CCS(=O)(=O)C1. The molecule has 0 radical (unpaired) electrons. The largest absolute Gasteiger partial charge is 0.372 e. The summed E-state index contributed by atoms with van der Waals surface area (Å²) < 4.78 is 23.1. The van der Waals surface area contributed by atoms with Crippen molar-refractivity contribution in [3.8, 4) is 0 Å². The molecule has 2 heterocycles. The molecule has 2 aliphatic rings. The zero-order valence-electron chi connectivity index (χ0n) is 15.0. The Hall–Kier alpha value is -2.09.